The molecule has 0 aromatic carbocycles. The van der Waals surface area contributed by atoms with E-state index >= 15 is 0 Å². The second-order valence-electron chi connectivity index (χ2n) is 8.91. The number of hydrogen-bond donors (Lipinski definition) is 0. The molecule has 7 nitrogen and oxygen atoms in total. The van der Waals surface area contributed by atoms with Crippen LogP contribution in [-0.4, -0.2) is 78.5 Å². The summed E-state index contributed by atoms with van der Waals surface area (Å²) in [5.74, 6) is 0.563. The molecule has 0 N–H and O–H groups in total. The second-order valence-corrected chi connectivity index (χ2v) is 10.8. The minimum Gasteiger partial charge on any atom is -0.376 e. The van der Waals surface area contributed by atoms with Crippen molar-refractivity contribution in [3.8, 4) is 0 Å². The van der Waals surface area contributed by atoms with E-state index in [1.54, 1.807) is 6.20 Å². The third-order valence-corrected chi connectivity index (χ3v) is 8.06. The molecule has 1 aliphatic carbocycles. The van der Waals surface area contributed by atoms with Gasteiger partial charge in [-0.25, -0.2) is 13.4 Å². The summed E-state index contributed by atoms with van der Waals surface area (Å²) in [7, 11) is -3.34. The number of piperazine rings is 1. The van der Waals surface area contributed by atoms with Crippen molar-refractivity contribution in [2.75, 3.05) is 38.5 Å². The maximum atomic E-state index is 13.0. The van der Waals surface area contributed by atoms with Gasteiger partial charge in [-0.1, -0.05) is 0 Å². The number of imidazole rings is 1. The summed E-state index contributed by atoms with van der Waals surface area (Å²) < 4.78 is 33.7. The van der Waals surface area contributed by atoms with Gasteiger partial charge in [0, 0.05) is 45.4 Å². The molecule has 2 aliphatic heterocycles. The zero-order valence-electron chi connectivity index (χ0n) is 17.2. The lowest BCUT2D eigenvalue weighted by molar-refractivity contribution is 0.0884. The molecule has 28 heavy (non-hydrogen) atoms. The van der Waals surface area contributed by atoms with Gasteiger partial charge in [0.05, 0.1) is 30.3 Å². The minimum absolute atomic E-state index is 0.0978. The average molecular weight is 411 g/mol. The smallest absolute Gasteiger partial charge is 0.227 e. The van der Waals surface area contributed by atoms with E-state index in [-0.39, 0.29) is 17.0 Å². The fraction of sp³-hybridized carbons (Fsp3) is 0.850. The highest BCUT2D eigenvalue weighted by atomic mass is 32.2. The molecule has 0 amide bonds. The van der Waals surface area contributed by atoms with Gasteiger partial charge in [-0.2, -0.15) is 0 Å². The standard InChI is InChI=1S/C20H34N4O3S/c1-16(2)23-9-7-22(8-10-23)13-18-12-21-20(28(25,26)15-17-5-6-17)24(18)14-19-4-3-11-27-19/h12,16-17,19H,3-11,13-15H2,1-2H3. The van der Waals surface area contributed by atoms with Crippen LogP contribution in [0.1, 0.15) is 45.2 Å². The molecule has 3 aliphatic rings. The molecular formula is C20H34N4O3S. The van der Waals surface area contributed by atoms with Crippen molar-refractivity contribution < 1.29 is 13.2 Å². The normalized spacial score (nSPS) is 25.0. The Morgan fingerprint density at radius 1 is 1.18 bits per heavy atom. The first kappa shape index (κ1) is 20.3. The minimum atomic E-state index is -3.34. The van der Waals surface area contributed by atoms with E-state index in [9.17, 15) is 8.42 Å². The van der Waals surface area contributed by atoms with Crippen molar-refractivity contribution in [3.63, 3.8) is 0 Å². The van der Waals surface area contributed by atoms with Crippen molar-refractivity contribution in [2.45, 2.75) is 69.9 Å². The molecule has 0 spiro atoms. The molecule has 1 unspecified atom stereocenters. The summed E-state index contributed by atoms with van der Waals surface area (Å²) in [6.45, 7) is 10.7. The zero-order valence-corrected chi connectivity index (χ0v) is 18.0. The summed E-state index contributed by atoms with van der Waals surface area (Å²) >= 11 is 0. The van der Waals surface area contributed by atoms with E-state index in [1.807, 2.05) is 4.57 Å². The molecule has 1 aromatic rings. The molecule has 0 radical (unpaired) electrons. The number of sulfone groups is 1. The summed E-state index contributed by atoms with van der Waals surface area (Å²) in [4.78, 5) is 9.31. The third kappa shape index (κ3) is 4.78. The number of rotatable bonds is 8. The van der Waals surface area contributed by atoms with Crippen LogP contribution in [0.25, 0.3) is 0 Å². The molecular weight excluding hydrogens is 376 g/mol. The summed E-state index contributed by atoms with van der Waals surface area (Å²) in [5.41, 5.74) is 1.00. The van der Waals surface area contributed by atoms with Crippen LogP contribution in [0.3, 0.4) is 0 Å². The largest absolute Gasteiger partial charge is 0.376 e. The fourth-order valence-electron chi connectivity index (χ4n) is 4.29. The number of nitrogens with zero attached hydrogens (tertiary/aromatic N) is 4. The molecule has 0 bridgehead atoms. The van der Waals surface area contributed by atoms with E-state index < -0.39 is 9.84 Å². The van der Waals surface area contributed by atoms with Gasteiger partial charge in [-0.15, -0.1) is 0 Å². The fourth-order valence-corrected chi connectivity index (χ4v) is 6.13. The predicted molar refractivity (Wildman–Crippen MR) is 108 cm³/mol. The van der Waals surface area contributed by atoms with E-state index in [0.717, 1.165) is 70.7 Å². The highest BCUT2D eigenvalue weighted by Gasteiger charge is 2.33. The Labute approximate surface area is 169 Å². The van der Waals surface area contributed by atoms with Gasteiger partial charge in [0.2, 0.25) is 15.0 Å². The van der Waals surface area contributed by atoms with E-state index in [4.69, 9.17) is 4.74 Å². The number of ether oxygens (including phenoxy) is 1. The first-order valence-electron chi connectivity index (χ1n) is 10.8. The highest BCUT2D eigenvalue weighted by molar-refractivity contribution is 7.91. The lowest BCUT2D eigenvalue weighted by Gasteiger charge is -2.37. The lowest BCUT2D eigenvalue weighted by atomic mass is 10.2. The second kappa shape index (κ2) is 8.42. The van der Waals surface area contributed by atoms with Crippen LogP contribution in [0, 0.1) is 5.92 Å². The lowest BCUT2D eigenvalue weighted by Crippen LogP contribution is -2.48. The highest BCUT2D eigenvalue weighted by Crippen LogP contribution is 2.32. The van der Waals surface area contributed by atoms with Crippen LogP contribution in [-0.2, 0) is 27.7 Å². The SMILES string of the molecule is CC(C)N1CCN(Cc2cnc(S(=O)(=O)CC3CC3)n2CC2CCCO2)CC1. The van der Waals surface area contributed by atoms with Crippen LogP contribution in [0.15, 0.2) is 11.4 Å². The first-order chi connectivity index (χ1) is 13.4. The predicted octanol–water partition coefficient (Wildman–Crippen LogP) is 1.77. The van der Waals surface area contributed by atoms with Gasteiger partial charge in [-0.3, -0.25) is 9.80 Å². The van der Waals surface area contributed by atoms with Crippen molar-refractivity contribution in [3.05, 3.63) is 11.9 Å². The Bertz CT molecular complexity index is 758. The average Bonchev–Trinajstić information content (AvgIpc) is 3.15. The van der Waals surface area contributed by atoms with E-state index in [0.29, 0.717) is 18.5 Å². The Morgan fingerprint density at radius 2 is 1.93 bits per heavy atom. The summed E-state index contributed by atoms with van der Waals surface area (Å²) in [6, 6.07) is 0.575. The quantitative estimate of drug-likeness (QED) is 0.651. The van der Waals surface area contributed by atoms with Crippen LogP contribution < -0.4 is 0 Å². The van der Waals surface area contributed by atoms with Crippen LogP contribution in [0.5, 0.6) is 0 Å². The van der Waals surface area contributed by atoms with Crippen LogP contribution in [0.4, 0.5) is 0 Å². The molecule has 1 atom stereocenters. The van der Waals surface area contributed by atoms with Gasteiger partial charge < -0.3 is 9.30 Å². The Hall–Kier alpha value is -0.960. The summed E-state index contributed by atoms with van der Waals surface area (Å²) in [6.07, 6.45) is 5.98. The maximum absolute atomic E-state index is 13.0. The molecule has 158 valence electrons. The van der Waals surface area contributed by atoms with Gasteiger partial charge in [-0.05, 0) is 45.4 Å². The Balaban J connectivity index is 1.51. The summed E-state index contributed by atoms with van der Waals surface area (Å²) in [5, 5.41) is 0.255. The van der Waals surface area contributed by atoms with Crippen LogP contribution >= 0.6 is 0 Å². The first-order valence-corrected chi connectivity index (χ1v) is 12.4. The van der Waals surface area contributed by atoms with E-state index in [1.165, 1.54) is 0 Å². The van der Waals surface area contributed by atoms with Crippen molar-refractivity contribution in [1.82, 2.24) is 19.4 Å². The topological polar surface area (TPSA) is 67.7 Å². The van der Waals surface area contributed by atoms with Crippen LogP contribution in [0.2, 0.25) is 0 Å². The van der Waals surface area contributed by atoms with Gasteiger partial charge in [0.1, 0.15) is 0 Å². The number of aromatic nitrogens is 2. The Kier molecular flexibility index (Phi) is 6.11. The van der Waals surface area contributed by atoms with Gasteiger partial charge in [0.15, 0.2) is 0 Å². The number of hydrogen-bond acceptors (Lipinski definition) is 6. The molecule has 1 saturated carbocycles. The molecule has 3 heterocycles. The van der Waals surface area contributed by atoms with Crippen molar-refractivity contribution in [1.29, 1.82) is 0 Å². The molecule has 8 heteroatoms. The zero-order chi connectivity index (χ0) is 19.7. The molecule has 1 aromatic heterocycles. The van der Waals surface area contributed by atoms with Crippen molar-refractivity contribution >= 4 is 9.84 Å². The maximum Gasteiger partial charge on any atom is 0.227 e. The van der Waals surface area contributed by atoms with Crippen molar-refractivity contribution in [2.24, 2.45) is 5.92 Å². The Morgan fingerprint density at radius 3 is 2.54 bits per heavy atom. The molecule has 3 fully saturated rings. The third-order valence-electron chi connectivity index (χ3n) is 6.26. The van der Waals surface area contributed by atoms with Gasteiger partial charge in [0.25, 0.3) is 0 Å². The van der Waals surface area contributed by atoms with Gasteiger partial charge >= 0.3 is 0 Å². The van der Waals surface area contributed by atoms with E-state index in [2.05, 4.69) is 28.6 Å². The molecule has 2 saturated heterocycles. The monoisotopic (exact) mass is 410 g/mol. The molecule has 4 rings (SSSR count).